The van der Waals surface area contributed by atoms with Crippen LogP contribution in [0.4, 0.5) is 13.2 Å². The van der Waals surface area contributed by atoms with Crippen LogP contribution in [0.3, 0.4) is 0 Å². The summed E-state index contributed by atoms with van der Waals surface area (Å²) in [6.07, 6.45) is 1.61. The van der Waals surface area contributed by atoms with Crippen LogP contribution in [0.15, 0.2) is 0 Å². The van der Waals surface area contributed by atoms with Gasteiger partial charge in [-0.25, -0.2) is 0 Å². The second-order valence-corrected chi connectivity index (χ2v) is 6.51. The van der Waals surface area contributed by atoms with Crippen molar-refractivity contribution in [3.63, 3.8) is 0 Å². The van der Waals surface area contributed by atoms with Gasteiger partial charge in [-0.1, -0.05) is 0 Å². The van der Waals surface area contributed by atoms with Gasteiger partial charge in [-0.3, -0.25) is 4.79 Å². The topological polar surface area (TPSA) is 41.1 Å². The molecule has 2 aliphatic carbocycles. The number of carbonyl (C=O) groups excluding carboxylic acids is 1. The summed E-state index contributed by atoms with van der Waals surface area (Å²) in [4.78, 5) is 11.0. The van der Waals surface area contributed by atoms with Gasteiger partial charge in [0, 0.05) is 25.0 Å². The predicted octanol–water partition coefficient (Wildman–Crippen LogP) is 3.14. The molecule has 2 rings (SSSR count). The molecule has 0 aromatic carbocycles. The van der Waals surface area contributed by atoms with E-state index in [1.807, 2.05) is 0 Å². The molecule has 0 bridgehead atoms. The van der Waals surface area contributed by atoms with Gasteiger partial charge >= 0.3 is 6.18 Å². The van der Waals surface area contributed by atoms with Crippen molar-refractivity contribution in [1.29, 1.82) is 0 Å². The summed E-state index contributed by atoms with van der Waals surface area (Å²) in [5, 5.41) is 6.46. The van der Waals surface area contributed by atoms with Crippen molar-refractivity contribution in [1.82, 2.24) is 10.6 Å². The molecular weight excluding hydrogens is 281 g/mol. The first-order valence-corrected chi connectivity index (χ1v) is 7.94. The van der Waals surface area contributed by atoms with Crippen molar-refractivity contribution < 1.29 is 18.0 Å². The minimum Gasteiger partial charge on any atom is -0.354 e. The number of halogens is 3. The molecule has 0 saturated heterocycles. The normalized spacial score (nSPS) is 34.5. The molecule has 0 aromatic heterocycles. The van der Waals surface area contributed by atoms with Crippen molar-refractivity contribution in [2.45, 2.75) is 82.6 Å². The lowest BCUT2D eigenvalue weighted by Crippen LogP contribution is -2.46. The fourth-order valence-corrected chi connectivity index (χ4v) is 3.61. The molecule has 2 aliphatic rings. The Kier molecular flexibility index (Phi) is 5.52. The van der Waals surface area contributed by atoms with Gasteiger partial charge in [0.1, 0.15) is 0 Å². The van der Waals surface area contributed by atoms with Gasteiger partial charge in [-0.15, -0.1) is 0 Å². The van der Waals surface area contributed by atoms with Gasteiger partial charge in [-0.05, 0) is 51.4 Å². The van der Waals surface area contributed by atoms with Crippen molar-refractivity contribution in [3.8, 4) is 0 Å². The van der Waals surface area contributed by atoms with Crippen LogP contribution in [0.1, 0.15) is 58.3 Å². The molecule has 122 valence electrons. The van der Waals surface area contributed by atoms with E-state index in [1.54, 1.807) is 0 Å². The van der Waals surface area contributed by atoms with Crippen LogP contribution in [0.2, 0.25) is 0 Å². The van der Waals surface area contributed by atoms with Gasteiger partial charge in [0.2, 0.25) is 5.91 Å². The Balaban J connectivity index is 1.67. The maximum absolute atomic E-state index is 12.6. The largest absolute Gasteiger partial charge is 0.391 e. The zero-order chi connectivity index (χ0) is 15.5. The molecule has 0 atom stereocenters. The fraction of sp³-hybridized carbons (Fsp3) is 0.933. The molecule has 6 heteroatoms. The summed E-state index contributed by atoms with van der Waals surface area (Å²) in [5.41, 5.74) is 0. The SMILES string of the molecule is CC(=O)NC1CCC(NC2CCC(C(F)(F)F)CC2)CC1. The summed E-state index contributed by atoms with van der Waals surface area (Å²) >= 11 is 0. The first-order valence-electron chi connectivity index (χ1n) is 7.94. The Morgan fingerprint density at radius 2 is 1.29 bits per heavy atom. The lowest BCUT2D eigenvalue weighted by molar-refractivity contribution is -0.182. The Bertz CT molecular complexity index is 343. The number of hydrogen-bond donors (Lipinski definition) is 2. The summed E-state index contributed by atoms with van der Waals surface area (Å²) in [6.45, 7) is 1.53. The van der Waals surface area contributed by atoms with E-state index in [2.05, 4.69) is 10.6 Å². The highest BCUT2D eigenvalue weighted by atomic mass is 19.4. The van der Waals surface area contributed by atoms with Crippen LogP contribution >= 0.6 is 0 Å². The van der Waals surface area contributed by atoms with Crippen molar-refractivity contribution in [2.24, 2.45) is 5.92 Å². The van der Waals surface area contributed by atoms with Crippen LogP contribution in [0.5, 0.6) is 0 Å². The lowest BCUT2D eigenvalue weighted by Gasteiger charge is -2.35. The minimum absolute atomic E-state index is 0.0110. The summed E-state index contributed by atoms with van der Waals surface area (Å²) < 4.78 is 37.9. The smallest absolute Gasteiger partial charge is 0.354 e. The molecule has 0 unspecified atom stereocenters. The second-order valence-electron chi connectivity index (χ2n) is 6.51. The quantitative estimate of drug-likeness (QED) is 0.841. The molecular formula is C15H25F3N2O. The standard InChI is InChI=1S/C15H25F3N2O/c1-10(21)19-12-6-8-14(9-7-12)20-13-4-2-11(3-5-13)15(16,17)18/h11-14,20H,2-9H2,1H3,(H,19,21). The molecule has 0 heterocycles. The van der Waals surface area contributed by atoms with E-state index in [9.17, 15) is 18.0 Å². The maximum Gasteiger partial charge on any atom is 0.391 e. The second kappa shape index (κ2) is 6.99. The zero-order valence-electron chi connectivity index (χ0n) is 12.5. The number of hydrogen-bond acceptors (Lipinski definition) is 2. The third-order valence-corrected chi connectivity index (χ3v) is 4.80. The summed E-state index contributed by atoms with van der Waals surface area (Å²) in [6, 6.07) is 0.884. The van der Waals surface area contributed by atoms with Crippen molar-refractivity contribution >= 4 is 5.91 Å². The van der Waals surface area contributed by atoms with Gasteiger partial charge in [0.05, 0.1) is 5.92 Å². The maximum atomic E-state index is 12.6. The fourth-order valence-electron chi connectivity index (χ4n) is 3.61. The number of alkyl halides is 3. The first kappa shape index (κ1) is 16.6. The van der Waals surface area contributed by atoms with Crippen molar-refractivity contribution in [3.05, 3.63) is 0 Å². The Labute approximate surface area is 124 Å². The van der Waals surface area contributed by atoms with Crippen LogP contribution in [-0.2, 0) is 4.79 Å². The molecule has 2 saturated carbocycles. The van der Waals surface area contributed by atoms with E-state index in [0.29, 0.717) is 18.9 Å². The zero-order valence-corrected chi connectivity index (χ0v) is 12.5. The third-order valence-electron chi connectivity index (χ3n) is 4.80. The van der Waals surface area contributed by atoms with Gasteiger partial charge in [0.25, 0.3) is 0 Å². The Morgan fingerprint density at radius 1 is 0.857 bits per heavy atom. The van der Waals surface area contributed by atoms with Crippen LogP contribution in [-0.4, -0.2) is 30.2 Å². The highest BCUT2D eigenvalue weighted by Crippen LogP contribution is 2.37. The van der Waals surface area contributed by atoms with Gasteiger partial charge < -0.3 is 10.6 Å². The molecule has 0 spiro atoms. The van der Waals surface area contributed by atoms with E-state index >= 15 is 0 Å². The third kappa shape index (κ3) is 5.16. The molecule has 3 nitrogen and oxygen atoms in total. The van der Waals surface area contributed by atoms with E-state index in [-0.39, 0.29) is 30.8 Å². The van der Waals surface area contributed by atoms with E-state index in [4.69, 9.17) is 0 Å². The van der Waals surface area contributed by atoms with Gasteiger partial charge in [0.15, 0.2) is 0 Å². The molecule has 2 N–H and O–H groups in total. The summed E-state index contributed by atoms with van der Waals surface area (Å²) in [7, 11) is 0. The van der Waals surface area contributed by atoms with Crippen LogP contribution in [0.25, 0.3) is 0 Å². The predicted molar refractivity (Wildman–Crippen MR) is 74.8 cm³/mol. The van der Waals surface area contributed by atoms with E-state index in [0.717, 1.165) is 25.7 Å². The molecule has 21 heavy (non-hydrogen) atoms. The molecule has 0 aliphatic heterocycles. The average Bonchev–Trinajstić information content (AvgIpc) is 2.40. The van der Waals surface area contributed by atoms with E-state index < -0.39 is 12.1 Å². The number of rotatable bonds is 3. The Morgan fingerprint density at radius 3 is 1.71 bits per heavy atom. The van der Waals surface area contributed by atoms with E-state index in [1.165, 1.54) is 6.92 Å². The highest BCUT2D eigenvalue weighted by molar-refractivity contribution is 5.73. The average molecular weight is 306 g/mol. The number of amides is 1. The molecule has 1 amide bonds. The highest BCUT2D eigenvalue weighted by Gasteiger charge is 2.41. The Hall–Kier alpha value is -0.780. The van der Waals surface area contributed by atoms with Gasteiger partial charge in [-0.2, -0.15) is 13.2 Å². The molecule has 0 aromatic rings. The number of carbonyl (C=O) groups is 1. The van der Waals surface area contributed by atoms with Crippen molar-refractivity contribution in [2.75, 3.05) is 0 Å². The summed E-state index contributed by atoms with van der Waals surface area (Å²) in [5.74, 6) is -1.09. The molecule has 0 radical (unpaired) electrons. The minimum atomic E-state index is -4.03. The molecule has 2 fully saturated rings. The lowest BCUT2D eigenvalue weighted by atomic mass is 9.84. The monoisotopic (exact) mass is 306 g/mol. The number of nitrogens with one attached hydrogen (secondary N) is 2. The first-order chi connectivity index (χ1) is 9.84. The van der Waals surface area contributed by atoms with Crippen LogP contribution < -0.4 is 10.6 Å². The van der Waals surface area contributed by atoms with Crippen LogP contribution in [0, 0.1) is 5.92 Å².